The molecule has 4 heteroatoms. The Morgan fingerprint density at radius 2 is 2.40 bits per heavy atom. The van der Waals surface area contributed by atoms with E-state index in [1.807, 2.05) is 11.4 Å². The second-order valence-electron chi connectivity index (χ2n) is 3.86. The van der Waals surface area contributed by atoms with Crippen molar-refractivity contribution in [3.63, 3.8) is 0 Å². The van der Waals surface area contributed by atoms with Gasteiger partial charge < -0.3 is 15.6 Å². The van der Waals surface area contributed by atoms with Gasteiger partial charge in [0.25, 0.3) is 0 Å². The molecule has 0 saturated heterocycles. The average molecular weight is 229 g/mol. The Morgan fingerprint density at radius 1 is 1.60 bits per heavy atom. The second-order valence-corrected chi connectivity index (χ2v) is 4.64. The second kappa shape index (κ2) is 6.23. The van der Waals surface area contributed by atoms with Crippen LogP contribution in [0.3, 0.4) is 0 Å². The first-order valence-electron chi connectivity index (χ1n) is 5.13. The monoisotopic (exact) mass is 229 g/mol. The smallest absolute Gasteiger partial charge is 0.0920 e. The van der Waals surface area contributed by atoms with Crippen LogP contribution in [0, 0.1) is 0 Å². The lowest BCUT2D eigenvalue weighted by Crippen LogP contribution is -2.37. The van der Waals surface area contributed by atoms with E-state index < -0.39 is 5.60 Å². The van der Waals surface area contributed by atoms with Crippen molar-refractivity contribution in [1.82, 2.24) is 0 Å². The molecule has 1 aromatic heterocycles. The quantitative estimate of drug-likeness (QED) is 0.743. The fourth-order valence-electron chi connectivity index (χ4n) is 1.68. The molecular weight excluding hydrogens is 210 g/mol. The zero-order valence-electron chi connectivity index (χ0n) is 9.11. The van der Waals surface area contributed by atoms with Gasteiger partial charge in [-0.3, -0.25) is 0 Å². The predicted octanol–water partition coefficient (Wildman–Crippen LogP) is 1.41. The topological polar surface area (TPSA) is 55.5 Å². The Balaban J connectivity index is 2.55. The lowest BCUT2D eigenvalue weighted by atomic mass is 9.92. The van der Waals surface area contributed by atoms with Crippen molar-refractivity contribution in [1.29, 1.82) is 0 Å². The normalized spacial score (nSPS) is 15.1. The summed E-state index contributed by atoms with van der Waals surface area (Å²) in [6.07, 6.45) is 2.15. The van der Waals surface area contributed by atoms with Crippen molar-refractivity contribution in [2.24, 2.45) is 5.73 Å². The summed E-state index contributed by atoms with van der Waals surface area (Å²) in [5.74, 6) is 0. The van der Waals surface area contributed by atoms with Crippen molar-refractivity contribution in [2.45, 2.75) is 24.9 Å². The van der Waals surface area contributed by atoms with Crippen molar-refractivity contribution in [3.05, 3.63) is 22.4 Å². The minimum absolute atomic E-state index is 0.364. The van der Waals surface area contributed by atoms with E-state index >= 15 is 0 Å². The van der Waals surface area contributed by atoms with E-state index in [1.54, 1.807) is 18.4 Å². The number of thiophene rings is 1. The van der Waals surface area contributed by atoms with Crippen LogP contribution in [0.1, 0.15) is 18.4 Å². The summed E-state index contributed by atoms with van der Waals surface area (Å²) in [5.41, 5.74) is 5.85. The highest BCUT2D eigenvalue weighted by Gasteiger charge is 2.26. The number of nitrogens with two attached hydrogens (primary N) is 1. The van der Waals surface area contributed by atoms with Crippen LogP contribution < -0.4 is 5.73 Å². The summed E-state index contributed by atoms with van der Waals surface area (Å²) >= 11 is 1.65. The minimum Gasteiger partial charge on any atom is -0.387 e. The minimum atomic E-state index is -0.769. The van der Waals surface area contributed by atoms with Crippen LogP contribution in [-0.2, 0) is 11.2 Å². The summed E-state index contributed by atoms with van der Waals surface area (Å²) in [6.45, 7) is 0.971. The van der Waals surface area contributed by atoms with E-state index in [-0.39, 0.29) is 0 Å². The van der Waals surface area contributed by atoms with Crippen molar-refractivity contribution in [2.75, 3.05) is 20.3 Å². The number of hydrogen-bond acceptors (Lipinski definition) is 4. The van der Waals surface area contributed by atoms with E-state index in [4.69, 9.17) is 10.5 Å². The molecule has 3 N–H and O–H groups in total. The van der Waals surface area contributed by atoms with E-state index in [1.165, 1.54) is 0 Å². The number of methoxy groups -OCH3 is 1. The molecule has 1 atom stereocenters. The summed E-state index contributed by atoms with van der Waals surface area (Å²) in [6, 6.07) is 2.04. The van der Waals surface area contributed by atoms with Crippen LogP contribution in [0.4, 0.5) is 0 Å². The molecule has 0 saturated carbocycles. The fourth-order valence-corrected chi connectivity index (χ4v) is 2.35. The molecule has 86 valence electrons. The lowest BCUT2D eigenvalue weighted by Gasteiger charge is -2.26. The third kappa shape index (κ3) is 4.30. The number of ether oxygens (including phenoxy) is 1. The third-order valence-corrected chi connectivity index (χ3v) is 3.10. The van der Waals surface area contributed by atoms with Crippen LogP contribution in [0.15, 0.2) is 16.8 Å². The maximum absolute atomic E-state index is 10.3. The summed E-state index contributed by atoms with van der Waals surface area (Å²) in [5, 5.41) is 14.4. The number of aliphatic hydroxyl groups is 1. The van der Waals surface area contributed by atoms with Gasteiger partial charge in [-0.1, -0.05) is 0 Å². The van der Waals surface area contributed by atoms with Crippen molar-refractivity contribution in [3.8, 4) is 0 Å². The van der Waals surface area contributed by atoms with Crippen molar-refractivity contribution < 1.29 is 9.84 Å². The number of hydrogen-bond donors (Lipinski definition) is 2. The molecule has 1 aromatic rings. The van der Waals surface area contributed by atoms with Gasteiger partial charge in [0.2, 0.25) is 0 Å². The third-order valence-electron chi connectivity index (χ3n) is 2.37. The fraction of sp³-hybridized carbons (Fsp3) is 0.636. The highest BCUT2D eigenvalue weighted by Crippen LogP contribution is 2.21. The van der Waals surface area contributed by atoms with Crippen LogP contribution in [-0.4, -0.2) is 31.0 Å². The molecule has 0 fully saturated rings. The van der Waals surface area contributed by atoms with Gasteiger partial charge in [0.05, 0.1) is 12.2 Å². The van der Waals surface area contributed by atoms with E-state index in [0.29, 0.717) is 26.0 Å². The van der Waals surface area contributed by atoms with Gasteiger partial charge in [-0.15, -0.1) is 0 Å². The molecule has 0 amide bonds. The van der Waals surface area contributed by atoms with E-state index in [2.05, 4.69) is 5.38 Å². The Kier molecular flexibility index (Phi) is 5.25. The highest BCUT2D eigenvalue weighted by atomic mass is 32.1. The average Bonchev–Trinajstić information content (AvgIpc) is 2.68. The van der Waals surface area contributed by atoms with Gasteiger partial charge in [0.15, 0.2) is 0 Å². The first kappa shape index (κ1) is 12.6. The van der Waals surface area contributed by atoms with Crippen LogP contribution in [0.5, 0.6) is 0 Å². The summed E-state index contributed by atoms with van der Waals surface area (Å²) in [4.78, 5) is 0. The number of rotatable bonds is 7. The first-order valence-corrected chi connectivity index (χ1v) is 6.07. The van der Waals surface area contributed by atoms with E-state index in [9.17, 15) is 5.11 Å². The lowest BCUT2D eigenvalue weighted by molar-refractivity contribution is -0.0374. The van der Waals surface area contributed by atoms with Crippen LogP contribution in [0.2, 0.25) is 0 Å². The molecule has 0 aromatic carbocycles. The molecule has 15 heavy (non-hydrogen) atoms. The molecule has 0 aliphatic carbocycles. The molecule has 1 unspecified atom stereocenters. The Hall–Kier alpha value is -0.420. The van der Waals surface area contributed by atoms with Crippen LogP contribution >= 0.6 is 11.3 Å². The maximum Gasteiger partial charge on any atom is 0.0920 e. The van der Waals surface area contributed by atoms with Gasteiger partial charge in [-0.2, -0.15) is 11.3 Å². The van der Waals surface area contributed by atoms with Gasteiger partial charge in [-0.05, 0) is 41.8 Å². The van der Waals surface area contributed by atoms with Crippen molar-refractivity contribution >= 4 is 11.3 Å². The van der Waals surface area contributed by atoms with Gasteiger partial charge in [-0.25, -0.2) is 0 Å². The Labute approximate surface area is 94.9 Å². The zero-order valence-corrected chi connectivity index (χ0v) is 9.93. The molecule has 1 rings (SSSR count). The largest absolute Gasteiger partial charge is 0.387 e. The van der Waals surface area contributed by atoms with Gasteiger partial charge >= 0.3 is 0 Å². The highest BCUT2D eigenvalue weighted by molar-refractivity contribution is 7.07. The van der Waals surface area contributed by atoms with Gasteiger partial charge in [0.1, 0.15) is 0 Å². The SMILES string of the molecule is COCC(O)(CCCN)Cc1ccsc1. The standard InChI is InChI=1S/C11H19NO2S/c1-14-9-11(13,4-2-5-12)7-10-3-6-15-8-10/h3,6,8,13H,2,4-5,7,9,12H2,1H3. The molecule has 0 spiro atoms. The molecule has 0 aliphatic rings. The first-order chi connectivity index (χ1) is 7.20. The summed E-state index contributed by atoms with van der Waals surface area (Å²) < 4.78 is 5.07. The maximum atomic E-state index is 10.3. The Morgan fingerprint density at radius 3 is 2.93 bits per heavy atom. The van der Waals surface area contributed by atoms with Gasteiger partial charge in [0, 0.05) is 13.5 Å². The zero-order chi connectivity index (χ0) is 11.1. The predicted molar refractivity (Wildman–Crippen MR) is 63.1 cm³/mol. The molecular formula is C11H19NO2S. The molecule has 0 radical (unpaired) electrons. The molecule has 3 nitrogen and oxygen atoms in total. The summed E-state index contributed by atoms with van der Waals surface area (Å²) in [7, 11) is 1.61. The van der Waals surface area contributed by atoms with E-state index in [0.717, 1.165) is 12.0 Å². The Bertz CT molecular complexity index is 264. The van der Waals surface area contributed by atoms with Crippen LogP contribution in [0.25, 0.3) is 0 Å². The molecule has 1 heterocycles. The molecule has 0 aliphatic heterocycles. The molecule has 0 bridgehead atoms.